The summed E-state index contributed by atoms with van der Waals surface area (Å²) < 4.78 is 31.2. The molecule has 18 heavy (non-hydrogen) atoms. The maximum atomic E-state index is 13.3. The van der Waals surface area contributed by atoms with Gasteiger partial charge in [0.25, 0.3) is 0 Å². The van der Waals surface area contributed by atoms with Gasteiger partial charge in [0.15, 0.2) is 11.6 Å². The summed E-state index contributed by atoms with van der Waals surface area (Å²) in [7, 11) is 0. The quantitative estimate of drug-likeness (QED) is 0.648. The Balaban J connectivity index is 2.28. The molecule has 0 aliphatic carbocycles. The molecule has 4 nitrogen and oxygen atoms in total. The molecule has 0 aliphatic heterocycles. The number of nitrogens with one attached hydrogen (secondary N) is 1. The summed E-state index contributed by atoms with van der Waals surface area (Å²) in [6, 6.07) is 5.87. The smallest absolute Gasteiger partial charge is 0.220 e. The van der Waals surface area contributed by atoms with Gasteiger partial charge >= 0.3 is 0 Å². The van der Waals surface area contributed by atoms with E-state index in [2.05, 4.69) is 4.98 Å². The second-order valence-electron chi connectivity index (χ2n) is 3.47. The minimum atomic E-state index is -0.829. The topological polar surface area (TPSA) is 72.0 Å². The van der Waals surface area contributed by atoms with Crippen molar-refractivity contribution in [3.05, 3.63) is 53.7 Å². The second kappa shape index (κ2) is 4.79. The Labute approximate surface area is 102 Å². The minimum absolute atomic E-state index is 0.0770. The van der Waals surface area contributed by atoms with E-state index in [1.807, 2.05) is 0 Å². The third kappa shape index (κ3) is 2.60. The standard InChI is InChI=1S/C12H9F2N3O/c13-8-1-2-10(9(14)6-8)18-11-5-7(12(15)16)3-4-17-11/h1-6H,(H3,15,16). The van der Waals surface area contributed by atoms with Gasteiger partial charge < -0.3 is 10.5 Å². The summed E-state index contributed by atoms with van der Waals surface area (Å²) in [6.45, 7) is 0. The lowest BCUT2D eigenvalue weighted by Gasteiger charge is -2.06. The number of halogens is 2. The van der Waals surface area contributed by atoms with Gasteiger partial charge in [0.2, 0.25) is 5.88 Å². The van der Waals surface area contributed by atoms with Gasteiger partial charge in [-0.3, -0.25) is 5.41 Å². The molecule has 0 atom stereocenters. The van der Waals surface area contributed by atoms with Crippen LogP contribution in [0.25, 0.3) is 0 Å². The van der Waals surface area contributed by atoms with Gasteiger partial charge in [-0.1, -0.05) is 0 Å². The number of pyridine rings is 1. The lowest BCUT2D eigenvalue weighted by atomic mass is 10.2. The normalized spacial score (nSPS) is 10.1. The van der Waals surface area contributed by atoms with Crippen LogP contribution >= 0.6 is 0 Å². The zero-order chi connectivity index (χ0) is 13.1. The predicted molar refractivity (Wildman–Crippen MR) is 61.7 cm³/mol. The fourth-order valence-electron chi connectivity index (χ4n) is 1.30. The van der Waals surface area contributed by atoms with Crippen LogP contribution in [-0.4, -0.2) is 10.8 Å². The van der Waals surface area contributed by atoms with Crippen molar-refractivity contribution in [2.75, 3.05) is 0 Å². The number of rotatable bonds is 3. The Morgan fingerprint density at radius 3 is 2.67 bits per heavy atom. The molecule has 1 aromatic heterocycles. The summed E-state index contributed by atoms with van der Waals surface area (Å²) >= 11 is 0. The van der Waals surface area contributed by atoms with Crippen LogP contribution in [-0.2, 0) is 0 Å². The first kappa shape index (κ1) is 12.0. The van der Waals surface area contributed by atoms with E-state index in [-0.39, 0.29) is 17.5 Å². The molecule has 2 rings (SSSR count). The van der Waals surface area contributed by atoms with Crippen molar-refractivity contribution < 1.29 is 13.5 Å². The number of ether oxygens (including phenoxy) is 1. The SMILES string of the molecule is N=C(N)c1ccnc(Oc2ccc(F)cc2F)c1. The van der Waals surface area contributed by atoms with E-state index in [0.29, 0.717) is 11.6 Å². The van der Waals surface area contributed by atoms with Crippen LogP contribution in [0.15, 0.2) is 36.5 Å². The highest BCUT2D eigenvalue weighted by Crippen LogP contribution is 2.23. The molecule has 6 heteroatoms. The maximum absolute atomic E-state index is 13.3. The number of nitrogens with two attached hydrogens (primary N) is 1. The third-order valence-corrected chi connectivity index (χ3v) is 2.15. The third-order valence-electron chi connectivity index (χ3n) is 2.15. The number of aromatic nitrogens is 1. The van der Waals surface area contributed by atoms with Gasteiger partial charge in [-0.2, -0.15) is 0 Å². The van der Waals surface area contributed by atoms with Gasteiger partial charge in [-0.15, -0.1) is 0 Å². The molecule has 0 radical (unpaired) electrons. The summed E-state index contributed by atoms with van der Waals surface area (Å²) in [6.07, 6.45) is 1.38. The van der Waals surface area contributed by atoms with E-state index >= 15 is 0 Å². The molecule has 2 aromatic rings. The van der Waals surface area contributed by atoms with Gasteiger partial charge in [0.05, 0.1) is 0 Å². The molecule has 0 amide bonds. The first-order valence-corrected chi connectivity index (χ1v) is 4.99. The van der Waals surface area contributed by atoms with E-state index < -0.39 is 11.6 Å². The van der Waals surface area contributed by atoms with E-state index in [1.165, 1.54) is 18.3 Å². The van der Waals surface area contributed by atoms with Crippen LogP contribution < -0.4 is 10.5 Å². The van der Waals surface area contributed by atoms with Crippen molar-refractivity contribution in [1.82, 2.24) is 4.98 Å². The molecular formula is C12H9F2N3O. The largest absolute Gasteiger partial charge is 0.436 e. The molecule has 0 aliphatic rings. The van der Waals surface area contributed by atoms with E-state index in [4.69, 9.17) is 15.9 Å². The van der Waals surface area contributed by atoms with Crippen LogP contribution in [0, 0.1) is 17.0 Å². The number of hydrogen-bond acceptors (Lipinski definition) is 3. The fourth-order valence-corrected chi connectivity index (χ4v) is 1.30. The Kier molecular flexibility index (Phi) is 3.18. The lowest BCUT2D eigenvalue weighted by molar-refractivity contribution is 0.423. The molecule has 0 bridgehead atoms. The first-order valence-electron chi connectivity index (χ1n) is 4.99. The number of hydrogen-bond donors (Lipinski definition) is 2. The second-order valence-corrected chi connectivity index (χ2v) is 3.47. The average molecular weight is 249 g/mol. The molecule has 0 unspecified atom stereocenters. The zero-order valence-electron chi connectivity index (χ0n) is 9.15. The lowest BCUT2D eigenvalue weighted by Crippen LogP contribution is -2.11. The average Bonchev–Trinajstić information content (AvgIpc) is 2.33. The molecular weight excluding hydrogens is 240 g/mol. The minimum Gasteiger partial charge on any atom is -0.436 e. The Morgan fingerprint density at radius 2 is 2.00 bits per heavy atom. The van der Waals surface area contributed by atoms with Crippen LogP contribution in [0.5, 0.6) is 11.6 Å². The molecule has 1 heterocycles. The van der Waals surface area contributed by atoms with E-state index in [9.17, 15) is 8.78 Å². The highest BCUT2D eigenvalue weighted by Gasteiger charge is 2.08. The molecule has 0 fully saturated rings. The number of benzene rings is 1. The summed E-state index contributed by atoms with van der Waals surface area (Å²) in [5.74, 6) is -1.74. The zero-order valence-corrected chi connectivity index (χ0v) is 9.15. The molecule has 1 aromatic carbocycles. The number of nitrogens with zero attached hydrogens (tertiary/aromatic N) is 1. The monoisotopic (exact) mass is 249 g/mol. The molecule has 92 valence electrons. The van der Waals surface area contributed by atoms with E-state index in [1.54, 1.807) is 0 Å². The Hall–Kier alpha value is -2.50. The Morgan fingerprint density at radius 1 is 1.22 bits per heavy atom. The molecule has 0 spiro atoms. The number of nitrogen functional groups attached to an aromatic ring is 1. The van der Waals surface area contributed by atoms with Gasteiger partial charge in [-0.25, -0.2) is 13.8 Å². The maximum Gasteiger partial charge on any atom is 0.220 e. The highest BCUT2D eigenvalue weighted by atomic mass is 19.1. The van der Waals surface area contributed by atoms with Crippen LogP contribution in [0.1, 0.15) is 5.56 Å². The van der Waals surface area contributed by atoms with Crippen molar-refractivity contribution in [1.29, 1.82) is 5.41 Å². The van der Waals surface area contributed by atoms with Crippen LogP contribution in [0.4, 0.5) is 8.78 Å². The van der Waals surface area contributed by atoms with Gasteiger partial charge in [0, 0.05) is 23.9 Å². The van der Waals surface area contributed by atoms with Crippen molar-refractivity contribution >= 4 is 5.84 Å². The van der Waals surface area contributed by atoms with Crippen molar-refractivity contribution in [3.63, 3.8) is 0 Å². The van der Waals surface area contributed by atoms with Crippen molar-refractivity contribution in [3.8, 4) is 11.6 Å². The van der Waals surface area contributed by atoms with Crippen molar-refractivity contribution in [2.24, 2.45) is 5.73 Å². The molecule has 0 saturated heterocycles. The van der Waals surface area contributed by atoms with Crippen LogP contribution in [0.2, 0.25) is 0 Å². The fraction of sp³-hybridized carbons (Fsp3) is 0. The summed E-state index contributed by atoms with van der Waals surface area (Å²) in [5.41, 5.74) is 5.71. The van der Waals surface area contributed by atoms with Gasteiger partial charge in [-0.05, 0) is 18.2 Å². The molecule has 0 saturated carbocycles. The van der Waals surface area contributed by atoms with E-state index in [0.717, 1.165) is 12.1 Å². The molecule has 3 N–H and O–H groups in total. The van der Waals surface area contributed by atoms with Crippen LogP contribution in [0.3, 0.4) is 0 Å². The van der Waals surface area contributed by atoms with Crippen molar-refractivity contribution in [2.45, 2.75) is 0 Å². The first-order chi connectivity index (χ1) is 8.56. The Bertz CT molecular complexity index is 602. The number of amidine groups is 1. The summed E-state index contributed by atoms with van der Waals surface area (Å²) in [5, 5.41) is 7.25. The highest BCUT2D eigenvalue weighted by molar-refractivity contribution is 5.95. The summed E-state index contributed by atoms with van der Waals surface area (Å²) in [4.78, 5) is 3.85. The predicted octanol–water partition coefficient (Wildman–Crippen LogP) is 2.44. The van der Waals surface area contributed by atoms with Gasteiger partial charge in [0.1, 0.15) is 11.7 Å².